The molecule has 0 unspecified atom stereocenters. The Kier molecular flexibility index (Phi) is 8.32. The smallest absolute Gasteiger partial charge is 0.238 e. The molecule has 9 nitrogen and oxygen atoms in total. The Morgan fingerprint density at radius 3 is 2.38 bits per heavy atom. The number of aromatic nitrogens is 1. The first-order valence-corrected chi connectivity index (χ1v) is 11.9. The van der Waals surface area contributed by atoms with Crippen LogP contribution < -0.4 is 15.1 Å². The molecule has 0 bridgehead atoms. The third-order valence-corrected chi connectivity index (χ3v) is 6.25. The van der Waals surface area contributed by atoms with Crippen LogP contribution in [-0.4, -0.2) is 99.2 Å². The molecular weight excluding hydrogens is 432 g/mol. The van der Waals surface area contributed by atoms with E-state index < -0.39 is 0 Å². The first-order chi connectivity index (χ1) is 16.6. The second-order valence-corrected chi connectivity index (χ2v) is 8.74. The number of pyridine rings is 1. The quantitative estimate of drug-likeness (QED) is 0.632. The fourth-order valence-corrected chi connectivity index (χ4v) is 4.27. The lowest BCUT2D eigenvalue weighted by Crippen LogP contribution is -2.49. The molecule has 2 aromatic rings. The van der Waals surface area contributed by atoms with Gasteiger partial charge in [-0.3, -0.25) is 14.5 Å². The van der Waals surface area contributed by atoms with Crippen LogP contribution in [0.3, 0.4) is 0 Å². The summed E-state index contributed by atoms with van der Waals surface area (Å²) in [6.45, 7) is 7.00. The molecule has 0 spiro atoms. The van der Waals surface area contributed by atoms with Gasteiger partial charge in [-0.15, -0.1) is 0 Å². The topological polar surface area (TPSA) is 81.2 Å². The predicted octanol–water partition coefficient (Wildman–Crippen LogP) is 1.53. The van der Waals surface area contributed by atoms with Crippen molar-refractivity contribution in [1.82, 2.24) is 14.8 Å². The lowest BCUT2D eigenvalue weighted by Gasteiger charge is -2.35. The zero-order chi connectivity index (χ0) is 23.8. The molecule has 0 radical (unpaired) electrons. The van der Waals surface area contributed by atoms with Gasteiger partial charge in [-0.2, -0.15) is 0 Å². The van der Waals surface area contributed by atoms with Crippen molar-refractivity contribution < 1.29 is 14.3 Å². The molecule has 34 heavy (non-hydrogen) atoms. The second kappa shape index (κ2) is 11.8. The number of benzene rings is 1. The SMILES string of the molecule is CN(CCC(=O)N1CCN(c2ccccn2)CC1)CC(=O)Nc1ccc(N2CCOCC2)cc1. The second-order valence-electron chi connectivity index (χ2n) is 8.74. The number of hydrogen-bond acceptors (Lipinski definition) is 7. The highest BCUT2D eigenvalue weighted by atomic mass is 16.5. The summed E-state index contributed by atoms with van der Waals surface area (Å²) in [6, 6.07) is 13.8. The van der Waals surface area contributed by atoms with Crippen LogP contribution in [-0.2, 0) is 14.3 Å². The average molecular weight is 467 g/mol. The Labute approximate surface area is 201 Å². The van der Waals surface area contributed by atoms with Crippen molar-refractivity contribution in [3.63, 3.8) is 0 Å². The number of amides is 2. The van der Waals surface area contributed by atoms with Gasteiger partial charge < -0.3 is 24.8 Å². The fraction of sp³-hybridized carbons (Fsp3) is 0.480. The summed E-state index contributed by atoms with van der Waals surface area (Å²) in [6.07, 6.45) is 2.20. The van der Waals surface area contributed by atoms with E-state index in [0.29, 0.717) is 26.1 Å². The van der Waals surface area contributed by atoms with Crippen molar-refractivity contribution in [1.29, 1.82) is 0 Å². The Bertz CT molecular complexity index is 925. The highest BCUT2D eigenvalue weighted by Crippen LogP contribution is 2.19. The van der Waals surface area contributed by atoms with Gasteiger partial charge >= 0.3 is 0 Å². The normalized spacial score (nSPS) is 16.6. The molecule has 2 amide bonds. The standard InChI is InChI=1S/C25H34N6O3/c1-28(11-9-25(33)31-14-12-30(13-15-31)23-4-2-3-10-26-23)20-24(32)27-21-5-7-22(8-6-21)29-16-18-34-19-17-29/h2-8,10H,9,11-20H2,1H3,(H,27,32). The Morgan fingerprint density at radius 1 is 0.971 bits per heavy atom. The number of piperazine rings is 1. The van der Waals surface area contributed by atoms with E-state index in [-0.39, 0.29) is 18.4 Å². The molecular formula is C25H34N6O3. The van der Waals surface area contributed by atoms with Gasteiger partial charge in [0.1, 0.15) is 5.82 Å². The molecule has 3 heterocycles. The van der Waals surface area contributed by atoms with Gasteiger partial charge in [0.05, 0.1) is 19.8 Å². The molecule has 9 heteroatoms. The van der Waals surface area contributed by atoms with Gasteiger partial charge in [0, 0.05) is 69.8 Å². The molecule has 1 aromatic carbocycles. The zero-order valence-corrected chi connectivity index (χ0v) is 19.9. The molecule has 2 saturated heterocycles. The van der Waals surface area contributed by atoms with Crippen LogP contribution in [0.25, 0.3) is 0 Å². The Hall–Kier alpha value is -3.17. The molecule has 182 valence electrons. The Morgan fingerprint density at radius 2 is 1.71 bits per heavy atom. The van der Waals surface area contributed by atoms with Gasteiger partial charge in [-0.25, -0.2) is 4.98 Å². The maximum absolute atomic E-state index is 12.6. The largest absolute Gasteiger partial charge is 0.378 e. The predicted molar refractivity (Wildman–Crippen MR) is 133 cm³/mol. The van der Waals surface area contributed by atoms with Crippen LogP contribution in [0.1, 0.15) is 6.42 Å². The molecule has 0 saturated carbocycles. The van der Waals surface area contributed by atoms with Crippen LogP contribution in [0.5, 0.6) is 0 Å². The van der Waals surface area contributed by atoms with Crippen molar-refractivity contribution in [3.8, 4) is 0 Å². The molecule has 1 aromatic heterocycles. The van der Waals surface area contributed by atoms with Crippen LogP contribution in [0, 0.1) is 0 Å². The maximum Gasteiger partial charge on any atom is 0.238 e. The van der Waals surface area contributed by atoms with Crippen molar-refractivity contribution in [3.05, 3.63) is 48.7 Å². The van der Waals surface area contributed by atoms with Crippen LogP contribution >= 0.6 is 0 Å². The van der Waals surface area contributed by atoms with Crippen molar-refractivity contribution in [2.75, 3.05) is 87.7 Å². The summed E-state index contributed by atoms with van der Waals surface area (Å²) in [5, 5.41) is 2.94. The minimum Gasteiger partial charge on any atom is -0.378 e. The van der Waals surface area contributed by atoms with Crippen LogP contribution in [0.15, 0.2) is 48.7 Å². The molecule has 1 N–H and O–H groups in total. The van der Waals surface area contributed by atoms with Crippen molar-refractivity contribution in [2.24, 2.45) is 0 Å². The van der Waals surface area contributed by atoms with Gasteiger partial charge in [-0.1, -0.05) is 6.07 Å². The number of morpholine rings is 1. The van der Waals surface area contributed by atoms with E-state index in [0.717, 1.165) is 56.6 Å². The van der Waals surface area contributed by atoms with E-state index in [9.17, 15) is 9.59 Å². The summed E-state index contributed by atoms with van der Waals surface area (Å²) < 4.78 is 5.39. The molecule has 0 aliphatic carbocycles. The third kappa shape index (κ3) is 6.68. The van der Waals surface area contributed by atoms with Gasteiger partial charge in [0.15, 0.2) is 0 Å². The number of carbonyl (C=O) groups excluding carboxylic acids is 2. The zero-order valence-electron chi connectivity index (χ0n) is 19.9. The van der Waals surface area contributed by atoms with Crippen LogP contribution in [0.2, 0.25) is 0 Å². The first-order valence-electron chi connectivity index (χ1n) is 11.9. The minimum absolute atomic E-state index is 0.0851. The number of likely N-dealkylation sites (N-methyl/N-ethyl adjacent to an activating group) is 1. The molecule has 2 aliphatic heterocycles. The summed E-state index contributed by atoms with van der Waals surface area (Å²) >= 11 is 0. The van der Waals surface area contributed by atoms with E-state index >= 15 is 0 Å². The molecule has 2 aliphatic rings. The molecule has 2 fully saturated rings. The summed E-state index contributed by atoms with van der Waals surface area (Å²) in [7, 11) is 1.87. The number of carbonyl (C=O) groups is 2. The molecule has 0 atom stereocenters. The molecule has 4 rings (SSSR count). The first kappa shape index (κ1) is 24.0. The average Bonchev–Trinajstić information content (AvgIpc) is 2.89. The summed E-state index contributed by atoms with van der Waals surface area (Å²) in [5.41, 5.74) is 1.91. The highest BCUT2D eigenvalue weighted by Gasteiger charge is 2.22. The number of nitrogens with zero attached hydrogens (tertiary/aromatic N) is 5. The summed E-state index contributed by atoms with van der Waals surface area (Å²) in [5.74, 6) is 1.00. The third-order valence-electron chi connectivity index (χ3n) is 6.25. The van der Waals surface area contributed by atoms with Gasteiger partial charge in [0.25, 0.3) is 0 Å². The van der Waals surface area contributed by atoms with E-state index in [1.807, 2.05) is 59.3 Å². The van der Waals surface area contributed by atoms with Gasteiger partial charge in [0.2, 0.25) is 11.8 Å². The van der Waals surface area contributed by atoms with E-state index in [2.05, 4.69) is 20.1 Å². The minimum atomic E-state index is -0.0851. The number of anilines is 3. The van der Waals surface area contributed by atoms with Gasteiger partial charge in [-0.05, 0) is 43.4 Å². The number of hydrogen-bond donors (Lipinski definition) is 1. The summed E-state index contributed by atoms with van der Waals surface area (Å²) in [4.78, 5) is 37.7. The van der Waals surface area contributed by atoms with Crippen molar-refractivity contribution in [2.45, 2.75) is 6.42 Å². The van der Waals surface area contributed by atoms with E-state index in [1.165, 1.54) is 0 Å². The van der Waals surface area contributed by atoms with E-state index in [1.54, 1.807) is 6.20 Å². The highest BCUT2D eigenvalue weighted by molar-refractivity contribution is 5.92. The monoisotopic (exact) mass is 466 g/mol. The van der Waals surface area contributed by atoms with E-state index in [4.69, 9.17) is 4.74 Å². The lowest BCUT2D eigenvalue weighted by atomic mass is 10.2. The Balaban J connectivity index is 1.15. The number of rotatable bonds is 8. The number of ether oxygens (including phenoxy) is 1. The number of nitrogens with one attached hydrogen (secondary N) is 1. The van der Waals surface area contributed by atoms with Crippen molar-refractivity contribution >= 4 is 29.0 Å². The maximum atomic E-state index is 12.6. The lowest BCUT2D eigenvalue weighted by molar-refractivity contribution is -0.132. The fourth-order valence-electron chi connectivity index (χ4n) is 4.27. The van der Waals surface area contributed by atoms with Crippen LogP contribution in [0.4, 0.5) is 17.2 Å².